The monoisotopic (exact) mass is 1260 g/mol. The summed E-state index contributed by atoms with van der Waals surface area (Å²) < 4.78 is 30.4. The van der Waals surface area contributed by atoms with Crippen molar-refractivity contribution in [1.29, 1.82) is 0 Å². The highest BCUT2D eigenvalue weighted by Gasteiger charge is 2.25. The molecule has 20 rings (SSSR count). The fraction of sp³-hybridized carbons (Fsp3) is 0. The van der Waals surface area contributed by atoms with Crippen molar-refractivity contribution in [3.8, 4) is 56.7 Å². The van der Waals surface area contributed by atoms with E-state index in [0.29, 0.717) is 0 Å². The Morgan fingerprint density at radius 3 is 0.765 bits per heavy atom. The highest BCUT2D eigenvalue weighted by molar-refractivity contribution is 6.30. The van der Waals surface area contributed by atoms with E-state index >= 15 is 0 Å². The lowest BCUT2D eigenvalue weighted by Crippen LogP contribution is -2.10. The number of hydrogen-bond acceptors (Lipinski definition) is 6. The van der Waals surface area contributed by atoms with E-state index in [1.165, 1.54) is 21.5 Å². The van der Waals surface area contributed by atoms with Crippen LogP contribution in [0.1, 0.15) is 0 Å². The molecule has 8 heteroatoms. The predicted molar refractivity (Wildman–Crippen MR) is 403 cm³/mol. The zero-order valence-electron chi connectivity index (χ0n) is 52.8. The standard InChI is InChI=1S/C90H56N4O4/c1-3-19-65(20-4-1)93-77-49-47-74-73(89(77)75-45-43-71(55-79(75)93)91(67-35-27-57(28-36-67)85-51-61-15-7-11-23-81(61)95-85)68-37-29-58(30-38-68)86-52-62-16-8-12-24-82(62)96-86)48-50-78-90(74)76-46-44-72(56-80(76)94(78)66-21-5-2-6-22-66)92(69-39-31-59(32-40-69)87-53-63-17-9-13-25-83(63)97-87)70-41-33-60(34-42-70)88-54-64-18-10-14-26-84(64)98-88/h1-56H. The summed E-state index contributed by atoms with van der Waals surface area (Å²) in [5.41, 5.74) is 20.1. The Labute approximate surface area is 562 Å². The first-order valence-corrected chi connectivity index (χ1v) is 33.1. The van der Waals surface area contributed by atoms with Gasteiger partial charge in [-0.3, -0.25) is 0 Å². The Balaban J connectivity index is 0.752. The normalized spacial score (nSPS) is 11.9. The van der Waals surface area contributed by atoms with Gasteiger partial charge in [-0.05, 0) is 217 Å². The first-order valence-electron chi connectivity index (χ1n) is 33.1. The second kappa shape index (κ2) is 22.2. The van der Waals surface area contributed by atoms with Gasteiger partial charge in [0.05, 0.1) is 22.1 Å². The van der Waals surface area contributed by atoms with Crippen molar-refractivity contribution in [2.45, 2.75) is 0 Å². The first kappa shape index (κ1) is 55.2. The molecule has 0 amide bonds. The average Bonchev–Trinajstić information content (AvgIpc) is 1.54. The molecule has 0 saturated heterocycles. The molecule has 0 saturated carbocycles. The molecule has 98 heavy (non-hydrogen) atoms. The Bertz CT molecular complexity index is 5710. The van der Waals surface area contributed by atoms with Gasteiger partial charge in [0, 0.05) is 111 Å². The van der Waals surface area contributed by atoms with E-state index in [1.54, 1.807) is 0 Å². The molecule has 14 aromatic carbocycles. The third-order valence-corrected chi connectivity index (χ3v) is 19.5. The molecule has 0 aliphatic heterocycles. The van der Waals surface area contributed by atoms with Crippen LogP contribution < -0.4 is 9.80 Å². The molecule has 0 fully saturated rings. The molecule has 6 heterocycles. The smallest absolute Gasteiger partial charge is 0.135 e. The van der Waals surface area contributed by atoms with Crippen molar-refractivity contribution in [1.82, 2.24) is 9.13 Å². The molecule has 0 bridgehead atoms. The maximum atomic E-state index is 6.38. The number of rotatable bonds is 12. The minimum absolute atomic E-state index is 0.829. The Morgan fingerprint density at radius 2 is 0.469 bits per heavy atom. The van der Waals surface area contributed by atoms with E-state index < -0.39 is 0 Å². The summed E-state index contributed by atoms with van der Waals surface area (Å²) in [5, 5.41) is 11.3. The van der Waals surface area contributed by atoms with Gasteiger partial charge in [-0.2, -0.15) is 0 Å². The van der Waals surface area contributed by atoms with Gasteiger partial charge >= 0.3 is 0 Å². The van der Waals surface area contributed by atoms with Crippen LogP contribution in [-0.4, -0.2) is 9.13 Å². The van der Waals surface area contributed by atoms with Crippen LogP contribution in [0.15, 0.2) is 357 Å². The van der Waals surface area contributed by atoms with Crippen LogP contribution in [0.25, 0.3) is 155 Å². The van der Waals surface area contributed by atoms with Crippen molar-refractivity contribution >= 4 is 132 Å². The second-order valence-electron chi connectivity index (χ2n) is 25.2. The molecule has 20 aromatic rings. The lowest BCUT2D eigenvalue weighted by atomic mass is 9.99. The maximum absolute atomic E-state index is 6.38. The molecule has 0 radical (unpaired) electrons. The molecule has 0 spiro atoms. The zero-order chi connectivity index (χ0) is 64.4. The lowest BCUT2D eigenvalue weighted by molar-refractivity contribution is 0.631. The van der Waals surface area contributed by atoms with E-state index in [9.17, 15) is 0 Å². The Hall–Kier alpha value is -13.3. The van der Waals surface area contributed by atoms with Gasteiger partial charge in [-0.15, -0.1) is 0 Å². The summed E-state index contributed by atoms with van der Waals surface area (Å²) >= 11 is 0. The minimum atomic E-state index is 0.829. The molecule has 0 unspecified atom stereocenters. The molecule has 0 N–H and O–H groups in total. The number of fused-ring (bicyclic) bond motifs is 13. The molecular formula is C90H56N4O4. The number of benzene rings is 14. The van der Waals surface area contributed by atoms with Crippen LogP contribution in [0.3, 0.4) is 0 Å². The van der Waals surface area contributed by atoms with Gasteiger partial charge < -0.3 is 36.6 Å². The molecule has 460 valence electrons. The SMILES string of the molecule is c1ccc(-n2c3cc(N(c4ccc(-c5cc6ccccc6o5)cc4)c4ccc(-c5cc6ccccc6o5)cc4)ccc3c3c4ccc5c(c4ccc32)c2ccc(N(c3ccc(-c4cc6ccccc6o4)cc3)c3ccc(-c4cc6ccccc6o4)cc3)cc2n5-c2ccccc2)cc1. The van der Waals surface area contributed by atoms with Crippen molar-refractivity contribution < 1.29 is 17.7 Å². The van der Waals surface area contributed by atoms with Crippen LogP contribution in [-0.2, 0) is 0 Å². The molecular weight excluding hydrogens is 1200 g/mol. The highest BCUT2D eigenvalue weighted by atomic mass is 16.3. The van der Waals surface area contributed by atoms with E-state index in [4.69, 9.17) is 17.7 Å². The van der Waals surface area contributed by atoms with Crippen LogP contribution >= 0.6 is 0 Å². The third kappa shape index (κ3) is 9.07. The maximum Gasteiger partial charge on any atom is 0.135 e. The highest BCUT2D eigenvalue weighted by Crippen LogP contribution is 2.48. The van der Waals surface area contributed by atoms with Crippen molar-refractivity contribution in [3.05, 3.63) is 340 Å². The molecule has 0 aliphatic carbocycles. The zero-order valence-corrected chi connectivity index (χ0v) is 52.8. The Kier molecular flexibility index (Phi) is 12.5. The molecule has 6 aromatic heterocycles. The van der Waals surface area contributed by atoms with E-state index in [1.807, 2.05) is 72.8 Å². The summed E-state index contributed by atoms with van der Waals surface area (Å²) in [6.07, 6.45) is 0. The number of nitrogens with zero attached hydrogens (tertiary/aromatic N) is 4. The summed E-state index contributed by atoms with van der Waals surface area (Å²) in [7, 11) is 0. The third-order valence-electron chi connectivity index (χ3n) is 19.5. The van der Waals surface area contributed by atoms with Crippen LogP contribution in [0, 0.1) is 0 Å². The number of furan rings is 4. The van der Waals surface area contributed by atoms with Crippen molar-refractivity contribution in [2.75, 3.05) is 9.80 Å². The van der Waals surface area contributed by atoms with Gasteiger partial charge in [0.15, 0.2) is 0 Å². The quantitative estimate of drug-likeness (QED) is 0.121. The number of aromatic nitrogens is 2. The van der Waals surface area contributed by atoms with Gasteiger partial charge in [-0.25, -0.2) is 0 Å². The number of para-hydroxylation sites is 6. The van der Waals surface area contributed by atoms with Crippen LogP contribution in [0.5, 0.6) is 0 Å². The van der Waals surface area contributed by atoms with E-state index in [2.05, 4.69) is 286 Å². The summed E-state index contributed by atoms with van der Waals surface area (Å²) in [6, 6.07) is 121. The van der Waals surface area contributed by atoms with E-state index in [0.717, 1.165) is 168 Å². The van der Waals surface area contributed by atoms with E-state index in [-0.39, 0.29) is 0 Å². The Morgan fingerprint density at radius 1 is 0.204 bits per heavy atom. The van der Waals surface area contributed by atoms with Gasteiger partial charge in [0.1, 0.15) is 45.4 Å². The first-order chi connectivity index (χ1) is 48.5. The van der Waals surface area contributed by atoms with Crippen molar-refractivity contribution in [2.24, 2.45) is 0 Å². The van der Waals surface area contributed by atoms with Crippen molar-refractivity contribution in [3.63, 3.8) is 0 Å². The second-order valence-corrected chi connectivity index (χ2v) is 25.2. The molecule has 0 atom stereocenters. The number of anilines is 6. The molecule has 0 aliphatic rings. The van der Waals surface area contributed by atoms with Gasteiger partial charge in [-0.1, -0.05) is 133 Å². The lowest BCUT2D eigenvalue weighted by Gasteiger charge is -2.26. The predicted octanol–water partition coefficient (Wildman–Crippen LogP) is 25.6. The fourth-order valence-corrected chi connectivity index (χ4v) is 14.9. The number of hydrogen-bond donors (Lipinski definition) is 0. The molecule has 8 nitrogen and oxygen atoms in total. The van der Waals surface area contributed by atoms with Crippen LogP contribution in [0.2, 0.25) is 0 Å². The largest absolute Gasteiger partial charge is 0.456 e. The topological polar surface area (TPSA) is 68.9 Å². The summed E-state index contributed by atoms with van der Waals surface area (Å²) in [6.45, 7) is 0. The summed E-state index contributed by atoms with van der Waals surface area (Å²) in [5.74, 6) is 3.31. The fourth-order valence-electron chi connectivity index (χ4n) is 14.9. The van der Waals surface area contributed by atoms with Crippen LogP contribution in [0.4, 0.5) is 34.1 Å². The van der Waals surface area contributed by atoms with Gasteiger partial charge in [0.2, 0.25) is 0 Å². The minimum Gasteiger partial charge on any atom is -0.456 e. The summed E-state index contributed by atoms with van der Waals surface area (Å²) in [4.78, 5) is 4.70. The average molecular weight is 1260 g/mol. The van der Waals surface area contributed by atoms with Gasteiger partial charge in [0.25, 0.3) is 0 Å².